The molecule has 0 amide bonds. The van der Waals surface area contributed by atoms with E-state index >= 15 is 0 Å². The molecule has 0 aliphatic carbocycles. The monoisotopic (exact) mass is 311 g/mol. The van der Waals surface area contributed by atoms with Crippen LogP contribution in [0.3, 0.4) is 0 Å². The van der Waals surface area contributed by atoms with Gasteiger partial charge in [0.15, 0.2) is 0 Å². The summed E-state index contributed by atoms with van der Waals surface area (Å²) in [5.41, 5.74) is 2.10. The molecule has 0 spiro atoms. The molecule has 22 heavy (non-hydrogen) atoms. The quantitative estimate of drug-likeness (QED) is 0.807. The first-order chi connectivity index (χ1) is 10.8. The van der Waals surface area contributed by atoms with Crippen LogP contribution in [0.5, 0.6) is 0 Å². The van der Waals surface area contributed by atoms with Gasteiger partial charge in [0.2, 0.25) is 0 Å². The maximum Gasteiger partial charge on any atom is 0.258 e. The predicted molar refractivity (Wildman–Crippen MR) is 89.1 cm³/mol. The van der Waals surface area contributed by atoms with Gasteiger partial charge in [-0.2, -0.15) is 11.3 Å². The van der Waals surface area contributed by atoms with Crippen molar-refractivity contribution in [3.63, 3.8) is 0 Å². The van der Waals surface area contributed by atoms with Gasteiger partial charge in [-0.25, -0.2) is 4.98 Å². The molecule has 3 heterocycles. The van der Waals surface area contributed by atoms with E-state index in [1.165, 1.54) is 18.4 Å². The molecule has 0 unspecified atom stereocenters. The van der Waals surface area contributed by atoms with E-state index in [4.69, 9.17) is 0 Å². The van der Waals surface area contributed by atoms with Crippen LogP contribution in [0.15, 0.2) is 45.9 Å². The normalized spacial score (nSPS) is 19.0. The molecule has 1 aliphatic rings. The van der Waals surface area contributed by atoms with Crippen molar-refractivity contribution in [2.24, 2.45) is 0 Å². The molecule has 0 bridgehead atoms. The number of para-hydroxylation sites is 1. The molecular weight excluding hydrogens is 294 g/mol. The fourth-order valence-electron chi connectivity index (χ4n) is 3.26. The molecule has 3 aromatic rings. The number of likely N-dealkylation sites (tertiary alicyclic amines) is 1. The smallest absolute Gasteiger partial charge is 0.258 e. The lowest BCUT2D eigenvalue weighted by Gasteiger charge is -2.23. The molecule has 5 heteroatoms. The van der Waals surface area contributed by atoms with Crippen LogP contribution in [0.1, 0.15) is 30.3 Å². The SMILES string of the molecule is O=c1[nH]c(CN2CCC[C@H]2c2ccsc2)nc2ccccc12. The fraction of sp³-hybridized carbons (Fsp3) is 0.294. The number of nitrogens with zero attached hydrogens (tertiary/aromatic N) is 2. The number of fused-ring (bicyclic) bond motifs is 1. The van der Waals surface area contributed by atoms with Gasteiger partial charge in [-0.1, -0.05) is 12.1 Å². The van der Waals surface area contributed by atoms with Gasteiger partial charge in [-0.3, -0.25) is 9.69 Å². The zero-order chi connectivity index (χ0) is 14.9. The number of nitrogens with one attached hydrogen (secondary N) is 1. The maximum atomic E-state index is 12.2. The molecule has 1 fully saturated rings. The number of aromatic nitrogens is 2. The first-order valence-corrected chi connectivity index (χ1v) is 8.49. The van der Waals surface area contributed by atoms with Crippen LogP contribution in [0.25, 0.3) is 10.9 Å². The van der Waals surface area contributed by atoms with Crippen LogP contribution in [0.2, 0.25) is 0 Å². The summed E-state index contributed by atoms with van der Waals surface area (Å²) in [7, 11) is 0. The number of H-pyrrole nitrogens is 1. The Bertz CT molecular complexity index is 840. The average molecular weight is 311 g/mol. The highest BCUT2D eigenvalue weighted by atomic mass is 32.1. The van der Waals surface area contributed by atoms with Gasteiger partial charge in [0.1, 0.15) is 5.82 Å². The third-order valence-electron chi connectivity index (χ3n) is 4.31. The molecule has 1 saturated heterocycles. The molecule has 1 N–H and O–H groups in total. The molecule has 1 atom stereocenters. The van der Waals surface area contributed by atoms with Crippen LogP contribution in [-0.2, 0) is 6.54 Å². The second-order valence-corrected chi connectivity index (χ2v) is 6.49. The summed E-state index contributed by atoms with van der Waals surface area (Å²) in [5, 5.41) is 5.00. The first kappa shape index (κ1) is 13.7. The number of thiophene rings is 1. The van der Waals surface area contributed by atoms with Crippen molar-refractivity contribution < 1.29 is 0 Å². The van der Waals surface area contributed by atoms with Crippen molar-refractivity contribution in [2.45, 2.75) is 25.4 Å². The third kappa shape index (κ3) is 2.46. The Hall–Kier alpha value is -1.98. The molecule has 112 valence electrons. The standard InChI is InChI=1S/C17H17N3OS/c21-17-13-4-1-2-5-14(13)18-16(19-17)10-20-8-3-6-15(20)12-7-9-22-11-12/h1-2,4-5,7,9,11,15H,3,6,8,10H2,(H,18,19,21)/t15-/m0/s1. The maximum absolute atomic E-state index is 12.2. The zero-order valence-corrected chi connectivity index (χ0v) is 13.0. The second kappa shape index (κ2) is 5.66. The van der Waals surface area contributed by atoms with Crippen molar-refractivity contribution >= 4 is 22.2 Å². The van der Waals surface area contributed by atoms with Crippen molar-refractivity contribution in [3.8, 4) is 0 Å². The van der Waals surface area contributed by atoms with Gasteiger partial charge in [0.25, 0.3) is 5.56 Å². The molecule has 1 aromatic carbocycles. The Morgan fingerprint density at radius 1 is 1.32 bits per heavy atom. The van der Waals surface area contributed by atoms with Gasteiger partial charge in [-0.05, 0) is 53.9 Å². The van der Waals surface area contributed by atoms with Gasteiger partial charge in [-0.15, -0.1) is 0 Å². The Morgan fingerprint density at radius 2 is 2.23 bits per heavy atom. The van der Waals surface area contributed by atoms with Crippen molar-refractivity contribution in [1.29, 1.82) is 0 Å². The lowest BCUT2D eigenvalue weighted by atomic mass is 10.1. The lowest BCUT2D eigenvalue weighted by Crippen LogP contribution is -2.25. The fourth-order valence-corrected chi connectivity index (χ4v) is 3.97. The van der Waals surface area contributed by atoms with E-state index in [0.29, 0.717) is 18.0 Å². The summed E-state index contributed by atoms with van der Waals surface area (Å²) in [6, 6.07) is 10.1. The average Bonchev–Trinajstić information content (AvgIpc) is 3.18. The molecule has 4 nitrogen and oxygen atoms in total. The van der Waals surface area contributed by atoms with E-state index in [2.05, 4.69) is 31.7 Å². The summed E-state index contributed by atoms with van der Waals surface area (Å²) in [6.45, 7) is 1.75. The molecule has 0 saturated carbocycles. The lowest BCUT2D eigenvalue weighted by molar-refractivity contribution is 0.243. The minimum atomic E-state index is -0.0492. The minimum absolute atomic E-state index is 0.0492. The van der Waals surface area contributed by atoms with Gasteiger partial charge in [0.05, 0.1) is 17.4 Å². The van der Waals surface area contributed by atoms with E-state index in [0.717, 1.165) is 17.9 Å². The van der Waals surface area contributed by atoms with E-state index in [-0.39, 0.29) is 5.56 Å². The van der Waals surface area contributed by atoms with E-state index < -0.39 is 0 Å². The van der Waals surface area contributed by atoms with Crippen molar-refractivity contribution in [2.75, 3.05) is 6.54 Å². The molecule has 0 radical (unpaired) electrons. The minimum Gasteiger partial charge on any atom is -0.309 e. The Morgan fingerprint density at radius 3 is 3.09 bits per heavy atom. The Kier molecular flexibility index (Phi) is 3.52. The van der Waals surface area contributed by atoms with Crippen LogP contribution in [-0.4, -0.2) is 21.4 Å². The van der Waals surface area contributed by atoms with Gasteiger partial charge in [0, 0.05) is 6.04 Å². The predicted octanol–water partition coefficient (Wildman–Crippen LogP) is 3.32. The van der Waals surface area contributed by atoms with Crippen molar-refractivity contribution in [1.82, 2.24) is 14.9 Å². The van der Waals surface area contributed by atoms with E-state index in [1.54, 1.807) is 11.3 Å². The van der Waals surface area contributed by atoms with Crippen molar-refractivity contribution in [3.05, 3.63) is 62.8 Å². The van der Waals surface area contributed by atoms with Crippen LogP contribution in [0.4, 0.5) is 0 Å². The van der Waals surface area contributed by atoms with Crippen LogP contribution >= 0.6 is 11.3 Å². The summed E-state index contributed by atoms with van der Waals surface area (Å²) in [6.07, 6.45) is 2.37. The van der Waals surface area contributed by atoms with Gasteiger partial charge >= 0.3 is 0 Å². The van der Waals surface area contributed by atoms with E-state index in [9.17, 15) is 4.79 Å². The third-order valence-corrected chi connectivity index (χ3v) is 5.01. The Labute approximate surface area is 132 Å². The van der Waals surface area contributed by atoms with Crippen LogP contribution < -0.4 is 5.56 Å². The summed E-state index contributed by atoms with van der Waals surface area (Å²) in [4.78, 5) is 22.1. The largest absolute Gasteiger partial charge is 0.309 e. The number of hydrogen-bond donors (Lipinski definition) is 1. The number of benzene rings is 1. The molecule has 2 aromatic heterocycles. The summed E-state index contributed by atoms with van der Waals surface area (Å²) in [5.74, 6) is 0.755. The first-order valence-electron chi connectivity index (χ1n) is 7.55. The number of hydrogen-bond acceptors (Lipinski definition) is 4. The highest BCUT2D eigenvalue weighted by Gasteiger charge is 2.26. The summed E-state index contributed by atoms with van der Waals surface area (Å²) >= 11 is 1.74. The molecule has 4 rings (SSSR count). The second-order valence-electron chi connectivity index (χ2n) is 5.71. The topological polar surface area (TPSA) is 49.0 Å². The highest BCUT2D eigenvalue weighted by Crippen LogP contribution is 2.33. The van der Waals surface area contributed by atoms with E-state index in [1.807, 2.05) is 24.3 Å². The summed E-state index contributed by atoms with van der Waals surface area (Å²) < 4.78 is 0. The highest BCUT2D eigenvalue weighted by molar-refractivity contribution is 7.07. The van der Waals surface area contributed by atoms with Gasteiger partial charge < -0.3 is 4.98 Å². The Balaban J connectivity index is 1.64. The molecule has 1 aliphatic heterocycles. The zero-order valence-electron chi connectivity index (χ0n) is 12.2. The molecular formula is C17H17N3OS. The van der Waals surface area contributed by atoms with Crippen LogP contribution in [0, 0.1) is 0 Å². The number of rotatable bonds is 3. The number of aromatic amines is 1.